The molecule has 0 radical (unpaired) electrons. The molecule has 1 heterocycles. The summed E-state index contributed by atoms with van der Waals surface area (Å²) in [6.07, 6.45) is 3.42. The van der Waals surface area contributed by atoms with Gasteiger partial charge in [0, 0.05) is 24.3 Å². The van der Waals surface area contributed by atoms with E-state index in [2.05, 4.69) is 49.6 Å². The summed E-state index contributed by atoms with van der Waals surface area (Å²) < 4.78 is 0. The number of amides is 1. The molecular weight excluding hydrogens is 366 g/mol. The van der Waals surface area contributed by atoms with Crippen molar-refractivity contribution in [2.75, 3.05) is 18.4 Å². The number of carbonyl (C=O) groups is 1. The number of carbonyl (C=O) groups excluding carboxylic acids is 1. The Balaban J connectivity index is 1.57. The normalized spacial score (nSPS) is 15.0. The maximum atomic E-state index is 12.6. The number of aryl methyl sites for hydroxylation is 2. The van der Waals surface area contributed by atoms with Crippen LogP contribution in [-0.2, 0) is 0 Å². The molecule has 5 heteroatoms. The van der Waals surface area contributed by atoms with Crippen LogP contribution in [0, 0.1) is 13.8 Å². The lowest BCUT2D eigenvalue weighted by molar-refractivity contribution is 0.0724. The second kappa shape index (κ2) is 9.20. The minimum absolute atomic E-state index is 0.112. The maximum absolute atomic E-state index is 12.6. The summed E-state index contributed by atoms with van der Waals surface area (Å²) in [5, 5.41) is 7.13. The Hall–Kier alpha value is -2.40. The maximum Gasteiger partial charge on any atom is 0.253 e. The molecule has 0 aliphatic carbocycles. The molecule has 0 bridgehead atoms. The lowest BCUT2D eigenvalue weighted by atomic mass is 10.0. The average Bonchev–Trinajstić information content (AvgIpc) is 2.68. The zero-order chi connectivity index (χ0) is 20.1. The predicted octanol–water partition coefficient (Wildman–Crippen LogP) is 4.98. The molecule has 28 heavy (non-hydrogen) atoms. The molecular formula is C23H29N3OS. The van der Waals surface area contributed by atoms with E-state index in [9.17, 15) is 4.79 Å². The van der Waals surface area contributed by atoms with E-state index in [-0.39, 0.29) is 11.9 Å². The van der Waals surface area contributed by atoms with Gasteiger partial charge in [-0.05, 0) is 87.6 Å². The standard InChI is InChI=1S/C23H29N3OS/c1-16-7-12-21(17(2)15-16)18(3)24-23(28)25-20-10-8-19(9-11-20)22(27)26-13-5-4-6-14-26/h7-12,15,18H,4-6,13-14H2,1-3H3,(H2,24,25,28). The van der Waals surface area contributed by atoms with E-state index in [1.807, 2.05) is 29.2 Å². The molecule has 1 aliphatic rings. The fraction of sp³-hybridized carbons (Fsp3) is 0.391. The van der Waals surface area contributed by atoms with Crippen molar-refractivity contribution in [1.82, 2.24) is 10.2 Å². The van der Waals surface area contributed by atoms with Crippen LogP contribution in [0.1, 0.15) is 59.3 Å². The van der Waals surface area contributed by atoms with Crippen LogP contribution in [0.2, 0.25) is 0 Å². The number of rotatable bonds is 4. The van der Waals surface area contributed by atoms with E-state index < -0.39 is 0 Å². The highest BCUT2D eigenvalue weighted by atomic mass is 32.1. The molecule has 4 nitrogen and oxygen atoms in total. The molecule has 2 aromatic rings. The molecule has 1 aliphatic heterocycles. The summed E-state index contributed by atoms with van der Waals surface area (Å²) in [6.45, 7) is 8.05. The van der Waals surface area contributed by atoms with E-state index in [0.717, 1.165) is 37.2 Å². The van der Waals surface area contributed by atoms with Crippen molar-refractivity contribution >= 4 is 28.9 Å². The summed E-state index contributed by atoms with van der Waals surface area (Å²) in [6, 6.07) is 14.1. The van der Waals surface area contributed by atoms with Crippen LogP contribution >= 0.6 is 12.2 Å². The molecule has 1 fully saturated rings. The second-order valence-electron chi connectivity index (χ2n) is 7.61. The van der Waals surface area contributed by atoms with E-state index in [1.54, 1.807) is 0 Å². The third-order valence-corrected chi connectivity index (χ3v) is 5.49. The van der Waals surface area contributed by atoms with Gasteiger partial charge in [0.2, 0.25) is 0 Å². The lowest BCUT2D eigenvalue weighted by Gasteiger charge is -2.26. The fourth-order valence-electron chi connectivity index (χ4n) is 3.73. The third kappa shape index (κ3) is 5.10. The molecule has 1 atom stereocenters. The Bertz CT molecular complexity index is 841. The van der Waals surface area contributed by atoms with E-state index >= 15 is 0 Å². The van der Waals surface area contributed by atoms with Crippen LogP contribution in [0.3, 0.4) is 0 Å². The summed E-state index contributed by atoms with van der Waals surface area (Å²) in [5.74, 6) is 0.121. The first-order valence-corrected chi connectivity index (χ1v) is 10.4. The van der Waals surface area contributed by atoms with Gasteiger partial charge in [0.1, 0.15) is 0 Å². The molecule has 148 valence electrons. The highest BCUT2D eigenvalue weighted by molar-refractivity contribution is 7.80. The van der Waals surface area contributed by atoms with Crippen LogP contribution < -0.4 is 10.6 Å². The van der Waals surface area contributed by atoms with Gasteiger partial charge in [0.15, 0.2) is 5.11 Å². The van der Waals surface area contributed by atoms with Gasteiger partial charge in [0.25, 0.3) is 5.91 Å². The van der Waals surface area contributed by atoms with Crippen molar-refractivity contribution in [3.8, 4) is 0 Å². The third-order valence-electron chi connectivity index (χ3n) is 5.27. The summed E-state index contributed by atoms with van der Waals surface area (Å²) in [5.41, 5.74) is 5.35. The number of piperidine rings is 1. The molecule has 0 aromatic heterocycles. The van der Waals surface area contributed by atoms with Crippen LogP contribution in [0.5, 0.6) is 0 Å². The number of anilines is 1. The Morgan fingerprint density at radius 3 is 2.36 bits per heavy atom. The first-order chi connectivity index (χ1) is 13.4. The second-order valence-corrected chi connectivity index (χ2v) is 8.02. The largest absolute Gasteiger partial charge is 0.356 e. The van der Waals surface area contributed by atoms with Crippen molar-refractivity contribution in [3.63, 3.8) is 0 Å². The smallest absolute Gasteiger partial charge is 0.253 e. The molecule has 1 amide bonds. The quantitative estimate of drug-likeness (QED) is 0.717. The minimum Gasteiger partial charge on any atom is -0.356 e. The van der Waals surface area contributed by atoms with Gasteiger partial charge >= 0.3 is 0 Å². The lowest BCUT2D eigenvalue weighted by Crippen LogP contribution is -2.35. The van der Waals surface area contributed by atoms with Crippen molar-refractivity contribution in [3.05, 3.63) is 64.7 Å². The highest BCUT2D eigenvalue weighted by Gasteiger charge is 2.18. The number of hydrogen-bond donors (Lipinski definition) is 2. The first kappa shape index (κ1) is 20.3. The minimum atomic E-state index is 0.112. The van der Waals surface area contributed by atoms with Gasteiger partial charge in [-0.2, -0.15) is 0 Å². The first-order valence-electron chi connectivity index (χ1n) is 9.98. The van der Waals surface area contributed by atoms with Gasteiger partial charge in [-0.15, -0.1) is 0 Å². The SMILES string of the molecule is Cc1ccc(C(C)NC(=S)Nc2ccc(C(=O)N3CCCCC3)cc2)c(C)c1. The van der Waals surface area contributed by atoms with Gasteiger partial charge in [0.05, 0.1) is 6.04 Å². The molecule has 0 saturated carbocycles. The van der Waals surface area contributed by atoms with Crippen molar-refractivity contribution in [2.24, 2.45) is 0 Å². The van der Waals surface area contributed by atoms with Crippen LogP contribution in [0.25, 0.3) is 0 Å². The number of benzene rings is 2. The molecule has 2 N–H and O–H groups in total. The number of nitrogens with one attached hydrogen (secondary N) is 2. The Morgan fingerprint density at radius 2 is 1.71 bits per heavy atom. The van der Waals surface area contributed by atoms with Crippen molar-refractivity contribution in [2.45, 2.75) is 46.1 Å². The van der Waals surface area contributed by atoms with Crippen molar-refractivity contribution < 1.29 is 4.79 Å². The zero-order valence-corrected chi connectivity index (χ0v) is 17.7. The molecule has 1 saturated heterocycles. The summed E-state index contributed by atoms with van der Waals surface area (Å²) in [7, 11) is 0. The van der Waals surface area contributed by atoms with E-state index in [1.165, 1.54) is 23.1 Å². The number of nitrogens with zero attached hydrogens (tertiary/aromatic N) is 1. The Kier molecular flexibility index (Phi) is 6.68. The number of hydrogen-bond acceptors (Lipinski definition) is 2. The van der Waals surface area contributed by atoms with Crippen molar-refractivity contribution in [1.29, 1.82) is 0 Å². The monoisotopic (exact) mass is 395 g/mol. The summed E-state index contributed by atoms with van der Waals surface area (Å²) >= 11 is 5.47. The average molecular weight is 396 g/mol. The molecule has 2 aromatic carbocycles. The van der Waals surface area contributed by atoms with Gasteiger partial charge in [-0.1, -0.05) is 23.8 Å². The molecule has 0 spiro atoms. The van der Waals surface area contributed by atoms with Gasteiger partial charge in [-0.3, -0.25) is 4.79 Å². The zero-order valence-electron chi connectivity index (χ0n) is 16.9. The fourth-order valence-corrected chi connectivity index (χ4v) is 4.02. The number of thiocarbonyl (C=S) groups is 1. The van der Waals surface area contributed by atoms with Gasteiger partial charge in [-0.25, -0.2) is 0 Å². The van der Waals surface area contributed by atoms with Crippen LogP contribution in [-0.4, -0.2) is 29.0 Å². The van der Waals surface area contributed by atoms with Crippen LogP contribution in [0.15, 0.2) is 42.5 Å². The highest BCUT2D eigenvalue weighted by Crippen LogP contribution is 2.19. The van der Waals surface area contributed by atoms with Crippen LogP contribution in [0.4, 0.5) is 5.69 Å². The molecule has 3 rings (SSSR count). The Labute approximate surface area is 173 Å². The number of likely N-dealkylation sites (tertiary alicyclic amines) is 1. The van der Waals surface area contributed by atoms with Gasteiger partial charge < -0.3 is 15.5 Å². The summed E-state index contributed by atoms with van der Waals surface area (Å²) in [4.78, 5) is 14.5. The topological polar surface area (TPSA) is 44.4 Å². The predicted molar refractivity (Wildman–Crippen MR) is 120 cm³/mol. The van der Waals surface area contributed by atoms with E-state index in [0.29, 0.717) is 5.11 Å². The van der Waals surface area contributed by atoms with E-state index in [4.69, 9.17) is 12.2 Å². The Morgan fingerprint density at radius 1 is 1.04 bits per heavy atom. The molecule has 1 unspecified atom stereocenters.